The molecule has 0 saturated carbocycles. The minimum atomic E-state index is -0.481. The van der Waals surface area contributed by atoms with E-state index < -0.39 is 6.10 Å². The Bertz CT molecular complexity index is 428. The Morgan fingerprint density at radius 3 is 2.70 bits per heavy atom. The summed E-state index contributed by atoms with van der Waals surface area (Å²) >= 11 is 0. The van der Waals surface area contributed by atoms with Gasteiger partial charge in [-0.1, -0.05) is 0 Å². The minimum Gasteiger partial charge on any atom is -0.479 e. The lowest BCUT2D eigenvalue weighted by Crippen LogP contribution is -2.46. The highest BCUT2D eigenvalue weighted by atomic mass is 16.5. The lowest BCUT2D eigenvalue weighted by molar-refractivity contribution is -0.139. The second-order valence-electron chi connectivity index (χ2n) is 5.47. The van der Waals surface area contributed by atoms with Crippen LogP contribution in [0, 0.1) is 5.92 Å². The number of nitrogens with two attached hydrogens (primary N) is 1. The summed E-state index contributed by atoms with van der Waals surface area (Å²) in [5.41, 5.74) is 5.92. The van der Waals surface area contributed by atoms with Gasteiger partial charge in [-0.25, -0.2) is 0 Å². The molecule has 0 spiro atoms. The average Bonchev–Trinajstić information content (AvgIpc) is 2.47. The maximum absolute atomic E-state index is 12.3. The van der Waals surface area contributed by atoms with Crippen molar-refractivity contribution in [1.29, 1.82) is 0 Å². The molecule has 1 aromatic rings. The summed E-state index contributed by atoms with van der Waals surface area (Å²) in [6, 6.07) is 3.80. The Kier molecular flexibility index (Phi) is 4.95. The fraction of sp³-hybridized carbons (Fsp3) is 0.600. The molecule has 110 valence electrons. The first-order valence-corrected chi connectivity index (χ1v) is 7.19. The summed E-state index contributed by atoms with van der Waals surface area (Å²) < 4.78 is 5.63. The summed E-state index contributed by atoms with van der Waals surface area (Å²) in [5.74, 6) is 1.18. The third-order valence-electron chi connectivity index (χ3n) is 3.89. The Morgan fingerprint density at radius 1 is 1.45 bits per heavy atom. The van der Waals surface area contributed by atoms with E-state index >= 15 is 0 Å². The van der Waals surface area contributed by atoms with E-state index in [1.807, 2.05) is 11.8 Å². The third-order valence-corrected chi connectivity index (χ3v) is 3.89. The van der Waals surface area contributed by atoms with Crippen molar-refractivity contribution in [3.63, 3.8) is 0 Å². The predicted octanol–water partition coefficient (Wildman–Crippen LogP) is 1.43. The zero-order valence-corrected chi connectivity index (χ0v) is 12.2. The molecule has 2 heterocycles. The Labute approximate surface area is 120 Å². The Morgan fingerprint density at radius 2 is 2.15 bits per heavy atom. The van der Waals surface area contributed by atoms with Crippen molar-refractivity contribution in [2.24, 2.45) is 11.7 Å². The van der Waals surface area contributed by atoms with E-state index in [1.165, 1.54) is 0 Å². The molecule has 5 nitrogen and oxygen atoms in total. The number of amides is 1. The monoisotopic (exact) mass is 277 g/mol. The van der Waals surface area contributed by atoms with Gasteiger partial charge < -0.3 is 15.4 Å². The number of likely N-dealkylation sites (tertiary alicyclic amines) is 1. The van der Waals surface area contributed by atoms with Crippen LogP contribution in [0.25, 0.3) is 0 Å². The van der Waals surface area contributed by atoms with E-state index in [2.05, 4.69) is 4.98 Å². The van der Waals surface area contributed by atoms with Gasteiger partial charge in [0.05, 0.1) is 6.20 Å². The first-order valence-electron chi connectivity index (χ1n) is 7.19. The summed E-state index contributed by atoms with van der Waals surface area (Å²) in [4.78, 5) is 18.2. The van der Waals surface area contributed by atoms with Crippen LogP contribution in [0.1, 0.15) is 26.7 Å². The van der Waals surface area contributed by atoms with Crippen LogP contribution in [0.5, 0.6) is 5.75 Å². The van der Waals surface area contributed by atoms with Gasteiger partial charge in [0.1, 0.15) is 5.75 Å². The van der Waals surface area contributed by atoms with Gasteiger partial charge in [0.25, 0.3) is 5.91 Å². The Balaban J connectivity index is 1.85. The van der Waals surface area contributed by atoms with Crippen molar-refractivity contribution in [1.82, 2.24) is 9.88 Å². The maximum atomic E-state index is 12.3. The molecule has 1 amide bonds. The van der Waals surface area contributed by atoms with Crippen molar-refractivity contribution < 1.29 is 9.53 Å². The highest BCUT2D eigenvalue weighted by molar-refractivity contribution is 5.81. The van der Waals surface area contributed by atoms with Crippen LogP contribution in [0.4, 0.5) is 0 Å². The molecule has 1 saturated heterocycles. The smallest absolute Gasteiger partial charge is 0.263 e. The molecule has 1 aliphatic heterocycles. The molecule has 2 unspecified atom stereocenters. The van der Waals surface area contributed by atoms with Crippen molar-refractivity contribution in [2.45, 2.75) is 38.8 Å². The number of carbonyl (C=O) groups excluding carboxylic acids is 1. The second kappa shape index (κ2) is 6.70. The molecular formula is C15H23N3O2. The number of pyridine rings is 1. The third kappa shape index (κ3) is 3.70. The van der Waals surface area contributed by atoms with Crippen molar-refractivity contribution in [3.05, 3.63) is 24.5 Å². The molecular weight excluding hydrogens is 254 g/mol. The molecule has 0 aliphatic carbocycles. The summed E-state index contributed by atoms with van der Waals surface area (Å²) in [6.45, 7) is 5.36. The van der Waals surface area contributed by atoms with Gasteiger partial charge in [0, 0.05) is 25.3 Å². The molecule has 20 heavy (non-hydrogen) atoms. The van der Waals surface area contributed by atoms with Crippen molar-refractivity contribution in [2.75, 3.05) is 13.1 Å². The normalized spacial score (nSPS) is 19.4. The summed E-state index contributed by atoms with van der Waals surface area (Å²) in [5, 5.41) is 0. The number of carbonyl (C=O) groups is 1. The average molecular weight is 277 g/mol. The zero-order valence-electron chi connectivity index (χ0n) is 12.2. The van der Waals surface area contributed by atoms with E-state index in [4.69, 9.17) is 10.5 Å². The van der Waals surface area contributed by atoms with E-state index in [-0.39, 0.29) is 11.9 Å². The molecule has 0 bridgehead atoms. The van der Waals surface area contributed by atoms with Gasteiger partial charge in [-0.15, -0.1) is 0 Å². The number of hydrogen-bond acceptors (Lipinski definition) is 4. The Hall–Kier alpha value is -1.62. The molecule has 2 N–H and O–H groups in total. The van der Waals surface area contributed by atoms with E-state index in [9.17, 15) is 4.79 Å². The lowest BCUT2D eigenvalue weighted by atomic mass is 9.91. The number of nitrogens with zero attached hydrogens (tertiary/aromatic N) is 2. The quantitative estimate of drug-likeness (QED) is 0.904. The number of rotatable bonds is 4. The molecule has 0 radical (unpaired) electrons. The predicted molar refractivity (Wildman–Crippen MR) is 77.3 cm³/mol. The fourth-order valence-corrected chi connectivity index (χ4v) is 2.57. The maximum Gasteiger partial charge on any atom is 0.263 e. The SMILES string of the molecule is CC(Oc1cccnc1)C(=O)N1CCC(C(C)N)CC1. The van der Waals surface area contributed by atoms with Crippen molar-refractivity contribution in [3.8, 4) is 5.75 Å². The molecule has 2 rings (SSSR count). The van der Waals surface area contributed by atoms with Gasteiger partial charge in [-0.05, 0) is 44.7 Å². The van der Waals surface area contributed by atoms with E-state index in [0.29, 0.717) is 11.7 Å². The van der Waals surface area contributed by atoms with Crippen molar-refractivity contribution >= 4 is 5.91 Å². The van der Waals surface area contributed by atoms with Gasteiger partial charge >= 0.3 is 0 Å². The van der Waals surface area contributed by atoms with Gasteiger partial charge in [0.15, 0.2) is 6.10 Å². The summed E-state index contributed by atoms with van der Waals surface area (Å²) in [7, 11) is 0. The van der Waals surface area contributed by atoms with Crippen LogP contribution >= 0.6 is 0 Å². The van der Waals surface area contributed by atoms with Gasteiger partial charge in [-0.3, -0.25) is 9.78 Å². The van der Waals surface area contributed by atoms with Gasteiger partial charge in [0.2, 0.25) is 0 Å². The first-order chi connectivity index (χ1) is 9.58. The van der Waals surface area contributed by atoms with Crippen LogP contribution in [-0.4, -0.2) is 41.0 Å². The largest absolute Gasteiger partial charge is 0.479 e. The van der Waals surface area contributed by atoms with Crippen LogP contribution < -0.4 is 10.5 Å². The van der Waals surface area contributed by atoms with E-state index in [1.54, 1.807) is 31.5 Å². The second-order valence-corrected chi connectivity index (χ2v) is 5.47. The number of piperidine rings is 1. The van der Waals surface area contributed by atoms with Gasteiger partial charge in [-0.2, -0.15) is 0 Å². The molecule has 5 heteroatoms. The first kappa shape index (κ1) is 14.8. The molecule has 0 aromatic carbocycles. The number of hydrogen-bond donors (Lipinski definition) is 1. The highest BCUT2D eigenvalue weighted by Crippen LogP contribution is 2.20. The zero-order chi connectivity index (χ0) is 14.5. The molecule has 1 fully saturated rings. The minimum absolute atomic E-state index is 0.0389. The summed E-state index contributed by atoms with van der Waals surface area (Å²) in [6.07, 6.45) is 4.77. The van der Waals surface area contributed by atoms with Crippen LogP contribution in [0.15, 0.2) is 24.5 Å². The van der Waals surface area contributed by atoms with E-state index in [0.717, 1.165) is 25.9 Å². The number of aromatic nitrogens is 1. The standard InChI is InChI=1S/C15H23N3O2/c1-11(16)13-5-8-18(9-6-13)15(19)12(2)20-14-4-3-7-17-10-14/h3-4,7,10-13H,5-6,8-9,16H2,1-2H3. The fourth-order valence-electron chi connectivity index (χ4n) is 2.57. The molecule has 1 aromatic heterocycles. The number of ether oxygens (including phenoxy) is 1. The highest BCUT2D eigenvalue weighted by Gasteiger charge is 2.28. The van der Waals surface area contributed by atoms with Crippen LogP contribution in [0.3, 0.4) is 0 Å². The van der Waals surface area contributed by atoms with Crippen LogP contribution in [-0.2, 0) is 4.79 Å². The lowest BCUT2D eigenvalue weighted by Gasteiger charge is -2.34. The topological polar surface area (TPSA) is 68.5 Å². The molecule has 1 aliphatic rings. The van der Waals surface area contributed by atoms with Crippen LogP contribution in [0.2, 0.25) is 0 Å². The molecule has 2 atom stereocenters.